The van der Waals surface area contributed by atoms with Crippen LogP contribution in [-0.4, -0.2) is 61.7 Å². The van der Waals surface area contributed by atoms with Crippen molar-refractivity contribution in [1.29, 1.82) is 0 Å². The van der Waals surface area contributed by atoms with Gasteiger partial charge in [-0.1, -0.05) is 0 Å². The Bertz CT molecular complexity index is 606. The lowest BCUT2D eigenvalue weighted by molar-refractivity contribution is -0.131. The summed E-state index contributed by atoms with van der Waals surface area (Å²) in [7, 11) is 1.24. The number of likely N-dealkylation sites (tertiary alicyclic amines) is 1. The minimum absolute atomic E-state index is 0.0642. The van der Waals surface area contributed by atoms with Gasteiger partial charge in [0.15, 0.2) is 17.4 Å². The summed E-state index contributed by atoms with van der Waals surface area (Å²) in [5.74, 6) is -1.78. The highest BCUT2D eigenvalue weighted by Crippen LogP contribution is 2.24. The molecule has 2 aliphatic rings. The van der Waals surface area contributed by atoms with E-state index in [0.29, 0.717) is 12.1 Å². The lowest BCUT2D eigenvalue weighted by Crippen LogP contribution is -2.41. The molecule has 0 spiro atoms. The highest BCUT2D eigenvalue weighted by molar-refractivity contribution is 5.78. The van der Waals surface area contributed by atoms with Gasteiger partial charge in [-0.25, -0.2) is 8.78 Å². The number of carbonyl (C=O) groups is 1. The number of nitrogens with zero attached hydrogens (tertiary/aromatic N) is 2. The summed E-state index contributed by atoms with van der Waals surface area (Å²) in [6.07, 6.45) is 4.08. The second-order valence-electron chi connectivity index (χ2n) is 6.99. The molecular weight excluding hydrogens is 342 g/mol. The van der Waals surface area contributed by atoms with Crippen LogP contribution in [0.2, 0.25) is 0 Å². The van der Waals surface area contributed by atoms with Gasteiger partial charge < -0.3 is 14.4 Å². The van der Waals surface area contributed by atoms with E-state index < -0.39 is 11.6 Å². The van der Waals surface area contributed by atoms with Gasteiger partial charge >= 0.3 is 0 Å². The van der Waals surface area contributed by atoms with E-state index in [1.54, 1.807) is 0 Å². The number of benzene rings is 1. The summed E-state index contributed by atoms with van der Waals surface area (Å²) in [5.41, 5.74) is 0.480. The second-order valence-corrected chi connectivity index (χ2v) is 6.99. The smallest absolute Gasteiger partial charge is 0.236 e. The molecule has 26 heavy (non-hydrogen) atoms. The minimum Gasteiger partial charge on any atom is -0.491 e. The number of amides is 1. The molecule has 144 valence electrons. The number of carbonyl (C=O) groups excluding carboxylic acids is 1. The fourth-order valence-electron chi connectivity index (χ4n) is 3.68. The Morgan fingerprint density at radius 3 is 2.54 bits per heavy atom. The van der Waals surface area contributed by atoms with Crippen LogP contribution in [0, 0.1) is 11.6 Å². The van der Waals surface area contributed by atoms with Crippen molar-refractivity contribution in [2.75, 3.05) is 39.9 Å². The zero-order valence-corrected chi connectivity index (χ0v) is 15.2. The van der Waals surface area contributed by atoms with Crippen molar-refractivity contribution in [2.45, 2.75) is 38.3 Å². The van der Waals surface area contributed by atoms with Crippen LogP contribution in [0.1, 0.15) is 31.2 Å². The van der Waals surface area contributed by atoms with Crippen LogP contribution in [0.3, 0.4) is 0 Å². The van der Waals surface area contributed by atoms with Crippen LogP contribution in [0.25, 0.3) is 0 Å². The molecule has 3 rings (SSSR count). The molecule has 0 aromatic heterocycles. The summed E-state index contributed by atoms with van der Waals surface area (Å²) < 4.78 is 38.4. The highest BCUT2D eigenvalue weighted by atomic mass is 19.1. The van der Waals surface area contributed by atoms with E-state index in [1.807, 2.05) is 9.80 Å². The summed E-state index contributed by atoms with van der Waals surface area (Å²) in [6, 6.07) is 2.54. The van der Waals surface area contributed by atoms with Crippen molar-refractivity contribution in [2.24, 2.45) is 0 Å². The Morgan fingerprint density at radius 2 is 1.96 bits per heavy atom. The molecule has 7 heteroatoms. The number of hydrogen-bond acceptors (Lipinski definition) is 4. The maximum absolute atomic E-state index is 14.0. The molecule has 1 aromatic carbocycles. The first-order valence-corrected chi connectivity index (χ1v) is 9.20. The van der Waals surface area contributed by atoms with Crippen molar-refractivity contribution in [1.82, 2.24) is 9.80 Å². The Morgan fingerprint density at radius 1 is 1.27 bits per heavy atom. The van der Waals surface area contributed by atoms with E-state index in [9.17, 15) is 13.6 Å². The van der Waals surface area contributed by atoms with E-state index in [0.717, 1.165) is 45.4 Å². The van der Waals surface area contributed by atoms with Crippen molar-refractivity contribution in [3.05, 3.63) is 29.3 Å². The van der Waals surface area contributed by atoms with Crippen molar-refractivity contribution in [3.8, 4) is 5.75 Å². The molecule has 2 aliphatic heterocycles. The minimum atomic E-state index is -0.731. The normalized spacial score (nSPS) is 20.2. The van der Waals surface area contributed by atoms with Gasteiger partial charge in [-0.3, -0.25) is 9.69 Å². The van der Waals surface area contributed by atoms with Gasteiger partial charge in [0, 0.05) is 32.8 Å². The fourth-order valence-corrected chi connectivity index (χ4v) is 3.68. The van der Waals surface area contributed by atoms with E-state index >= 15 is 0 Å². The Labute approximate surface area is 152 Å². The second kappa shape index (κ2) is 8.77. The van der Waals surface area contributed by atoms with Gasteiger partial charge in [-0.05, 0) is 43.4 Å². The van der Waals surface area contributed by atoms with Crippen molar-refractivity contribution >= 4 is 5.91 Å². The van der Waals surface area contributed by atoms with E-state index in [-0.39, 0.29) is 30.9 Å². The topological polar surface area (TPSA) is 42.0 Å². The van der Waals surface area contributed by atoms with Crippen LogP contribution < -0.4 is 4.74 Å². The van der Waals surface area contributed by atoms with Crippen molar-refractivity contribution < 1.29 is 23.0 Å². The molecule has 0 radical (unpaired) electrons. The molecule has 2 fully saturated rings. The average Bonchev–Trinajstić information content (AvgIpc) is 3.28. The molecule has 1 atom stereocenters. The fraction of sp³-hybridized carbons (Fsp3) is 0.632. The number of ether oxygens (including phenoxy) is 2. The number of methoxy groups -OCH3 is 1. The molecule has 1 aromatic rings. The van der Waals surface area contributed by atoms with E-state index in [2.05, 4.69) is 0 Å². The highest BCUT2D eigenvalue weighted by Gasteiger charge is 2.25. The average molecular weight is 368 g/mol. The van der Waals surface area contributed by atoms with Gasteiger partial charge in [-0.2, -0.15) is 0 Å². The summed E-state index contributed by atoms with van der Waals surface area (Å²) in [6.45, 7) is 3.41. The Balaban J connectivity index is 1.70. The lowest BCUT2D eigenvalue weighted by Gasteiger charge is -2.27. The van der Waals surface area contributed by atoms with Crippen LogP contribution in [0.5, 0.6) is 5.75 Å². The number of halogens is 2. The van der Waals surface area contributed by atoms with E-state index in [1.165, 1.54) is 19.2 Å². The third kappa shape index (κ3) is 4.71. The van der Waals surface area contributed by atoms with Crippen LogP contribution in [0.4, 0.5) is 8.78 Å². The van der Waals surface area contributed by atoms with Crippen molar-refractivity contribution in [3.63, 3.8) is 0 Å². The maximum atomic E-state index is 14.0. The summed E-state index contributed by atoms with van der Waals surface area (Å²) in [4.78, 5) is 16.3. The standard InChI is InChI=1S/C19H26F2N2O3/c1-25-19-16(20)9-14(10-17(19)21)11-22(12-15-5-4-8-26-15)13-18(24)23-6-2-3-7-23/h9-10,15H,2-8,11-13H2,1H3/t15-/m1/s1. The molecule has 0 bridgehead atoms. The SMILES string of the molecule is COc1c(F)cc(CN(CC(=O)N2CCCC2)C[C@H]2CCCO2)cc1F. The Hall–Kier alpha value is -1.73. The molecule has 0 unspecified atom stereocenters. The molecule has 0 saturated carbocycles. The molecule has 0 N–H and O–H groups in total. The largest absolute Gasteiger partial charge is 0.491 e. The molecule has 1 amide bonds. The Kier molecular flexibility index (Phi) is 6.43. The predicted molar refractivity (Wildman–Crippen MR) is 93.0 cm³/mol. The van der Waals surface area contributed by atoms with E-state index in [4.69, 9.17) is 9.47 Å². The first-order chi connectivity index (χ1) is 12.6. The monoisotopic (exact) mass is 368 g/mol. The molecule has 5 nitrogen and oxygen atoms in total. The van der Waals surface area contributed by atoms with Gasteiger partial charge in [0.05, 0.1) is 19.8 Å². The van der Waals surface area contributed by atoms with Gasteiger partial charge in [0.25, 0.3) is 0 Å². The molecule has 2 heterocycles. The van der Waals surface area contributed by atoms with Crippen LogP contribution >= 0.6 is 0 Å². The van der Waals surface area contributed by atoms with Gasteiger partial charge in [0.2, 0.25) is 5.91 Å². The molecule has 2 saturated heterocycles. The number of rotatable bonds is 7. The molecular formula is C19H26F2N2O3. The number of hydrogen-bond donors (Lipinski definition) is 0. The predicted octanol–water partition coefficient (Wildman–Crippen LogP) is 2.58. The summed E-state index contributed by atoms with van der Waals surface area (Å²) >= 11 is 0. The first kappa shape index (κ1) is 19.0. The zero-order chi connectivity index (χ0) is 18.5. The first-order valence-electron chi connectivity index (χ1n) is 9.20. The third-order valence-electron chi connectivity index (χ3n) is 4.97. The van der Waals surface area contributed by atoms with Gasteiger partial charge in [0.1, 0.15) is 0 Å². The quantitative estimate of drug-likeness (QED) is 0.742. The zero-order valence-electron chi connectivity index (χ0n) is 15.2. The molecule has 0 aliphatic carbocycles. The third-order valence-corrected chi connectivity index (χ3v) is 4.97. The maximum Gasteiger partial charge on any atom is 0.236 e. The van der Waals surface area contributed by atoms with Crippen LogP contribution in [0.15, 0.2) is 12.1 Å². The van der Waals surface area contributed by atoms with Gasteiger partial charge in [-0.15, -0.1) is 0 Å². The summed E-state index contributed by atoms with van der Waals surface area (Å²) in [5, 5.41) is 0. The lowest BCUT2D eigenvalue weighted by atomic mass is 10.1. The van der Waals surface area contributed by atoms with Crippen LogP contribution in [-0.2, 0) is 16.1 Å².